The number of imidazole rings is 1. The second kappa shape index (κ2) is 5.27. The molecule has 5 nitrogen and oxygen atoms in total. The van der Waals surface area contributed by atoms with Crippen molar-refractivity contribution in [1.29, 1.82) is 0 Å². The van der Waals surface area contributed by atoms with E-state index in [9.17, 15) is 0 Å². The molecule has 2 aromatic heterocycles. The zero-order valence-electron chi connectivity index (χ0n) is 10.3. The molecule has 17 heavy (non-hydrogen) atoms. The second-order valence-electron chi connectivity index (χ2n) is 4.41. The van der Waals surface area contributed by atoms with Crippen LogP contribution in [0, 0.1) is 5.92 Å². The summed E-state index contributed by atoms with van der Waals surface area (Å²) in [5.74, 6) is 1.61. The molecule has 0 atom stereocenters. The molecule has 2 heterocycles. The maximum absolute atomic E-state index is 4.24. The largest absolute Gasteiger partial charge is 0.353 e. The van der Waals surface area contributed by atoms with Crippen LogP contribution in [0.2, 0.25) is 0 Å². The first-order valence-electron chi connectivity index (χ1n) is 5.67. The van der Waals surface area contributed by atoms with Crippen molar-refractivity contribution in [2.75, 3.05) is 5.32 Å². The van der Waals surface area contributed by atoms with E-state index in [-0.39, 0.29) is 0 Å². The predicted octanol–water partition coefficient (Wildman–Crippen LogP) is 2.08. The van der Waals surface area contributed by atoms with Crippen molar-refractivity contribution in [3.8, 4) is 0 Å². The Morgan fingerprint density at radius 3 is 2.88 bits per heavy atom. The Morgan fingerprint density at radius 2 is 2.24 bits per heavy atom. The van der Waals surface area contributed by atoms with Crippen molar-refractivity contribution in [3.63, 3.8) is 0 Å². The third kappa shape index (κ3) is 3.26. The first-order chi connectivity index (χ1) is 8.15. The van der Waals surface area contributed by atoms with E-state index < -0.39 is 0 Å². The van der Waals surface area contributed by atoms with Gasteiger partial charge < -0.3 is 9.88 Å². The SMILES string of the molecule is CC(C)Cc1nnc(NCc2nccn2C)s1. The van der Waals surface area contributed by atoms with Crippen molar-refractivity contribution in [2.24, 2.45) is 13.0 Å². The summed E-state index contributed by atoms with van der Waals surface area (Å²) < 4.78 is 1.99. The molecule has 0 aliphatic heterocycles. The first-order valence-corrected chi connectivity index (χ1v) is 6.49. The van der Waals surface area contributed by atoms with E-state index in [0.717, 1.165) is 22.4 Å². The molecule has 1 N–H and O–H groups in total. The fourth-order valence-corrected chi connectivity index (χ4v) is 2.43. The molecule has 92 valence electrons. The summed E-state index contributed by atoms with van der Waals surface area (Å²) in [5.41, 5.74) is 0. The van der Waals surface area contributed by atoms with Crippen LogP contribution in [-0.4, -0.2) is 19.7 Å². The van der Waals surface area contributed by atoms with Crippen molar-refractivity contribution >= 4 is 16.5 Å². The van der Waals surface area contributed by atoms with Gasteiger partial charge in [-0.25, -0.2) is 4.98 Å². The monoisotopic (exact) mass is 251 g/mol. The molecule has 0 bridgehead atoms. The fourth-order valence-electron chi connectivity index (χ4n) is 1.48. The van der Waals surface area contributed by atoms with Crippen LogP contribution in [0.5, 0.6) is 0 Å². The van der Waals surface area contributed by atoms with Crippen LogP contribution in [0.1, 0.15) is 24.7 Å². The van der Waals surface area contributed by atoms with Crippen LogP contribution >= 0.6 is 11.3 Å². The Balaban J connectivity index is 1.91. The highest BCUT2D eigenvalue weighted by Crippen LogP contribution is 2.18. The lowest BCUT2D eigenvalue weighted by Gasteiger charge is -2.01. The average molecular weight is 251 g/mol. The minimum absolute atomic E-state index is 0.616. The molecule has 2 rings (SSSR count). The zero-order chi connectivity index (χ0) is 12.3. The Morgan fingerprint density at radius 1 is 1.41 bits per heavy atom. The van der Waals surface area contributed by atoms with Crippen molar-refractivity contribution in [2.45, 2.75) is 26.8 Å². The Kier molecular flexibility index (Phi) is 3.73. The second-order valence-corrected chi connectivity index (χ2v) is 5.47. The minimum atomic E-state index is 0.616. The summed E-state index contributed by atoms with van der Waals surface area (Å²) >= 11 is 1.62. The van der Waals surface area contributed by atoms with Crippen molar-refractivity contribution < 1.29 is 0 Å². The smallest absolute Gasteiger partial charge is 0.206 e. The molecular formula is C11H17N5S. The Labute approximate surface area is 105 Å². The number of nitrogens with one attached hydrogen (secondary N) is 1. The van der Waals surface area contributed by atoms with Crippen molar-refractivity contribution in [3.05, 3.63) is 23.2 Å². The third-order valence-corrected chi connectivity index (χ3v) is 3.27. The van der Waals surface area contributed by atoms with Gasteiger partial charge in [0, 0.05) is 25.9 Å². The highest BCUT2D eigenvalue weighted by molar-refractivity contribution is 7.15. The quantitative estimate of drug-likeness (QED) is 0.884. The summed E-state index contributed by atoms with van der Waals surface area (Å²) in [6, 6.07) is 0. The molecule has 0 aliphatic carbocycles. The minimum Gasteiger partial charge on any atom is -0.353 e. The normalized spacial score (nSPS) is 11.1. The van der Waals surface area contributed by atoms with Crippen LogP contribution in [0.25, 0.3) is 0 Å². The summed E-state index contributed by atoms with van der Waals surface area (Å²) in [6.45, 7) is 5.05. The van der Waals surface area contributed by atoms with E-state index in [1.54, 1.807) is 17.5 Å². The van der Waals surface area contributed by atoms with Gasteiger partial charge in [-0.15, -0.1) is 10.2 Å². The van der Waals surface area contributed by atoms with Gasteiger partial charge in [0.2, 0.25) is 5.13 Å². The molecule has 0 aromatic carbocycles. The summed E-state index contributed by atoms with van der Waals surface area (Å²) in [4.78, 5) is 4.24. The molecule has 0 unspecified atom stereocenters. The van der Waals surface area contributed by atoms with Crippen LogP contribution in [-0.2, 0) is 20.0 Å². The number of rotatable bonds is 5. The standard InChI is InChI=1S/C11H17N5S/c1-8(2)6-10-14-15-11(17-10)13-7-9-12-4-5-16(9)3/h4-5,8H,6-7H2,1-3H3,(H,13,15). The summed E-state index contributed by atoms with van der Waals surface area (Å²) in [7, 11) is 1.98. The molecule has 2 aromatic rings. The van der Waals surface area contributed by atoms with E-state index in [0.29, 0.717) is 12.5 Å². The molecular weight excluding hydrogens is 234 g/mol. The molecule has 6 heteroatoms. The molecule has 0 radical (unpaired) electrons. The Bertz CT molecular complexity index is 474. The van der Waals surface area contributed by atoms with E-state index in [1.165, 1.54) is 0 Å². The maximum atomic E-state index is 4.24. The van der Waals surface area contributed by atoms with Gasteiger partial charge >= 0.3 is 0 Å². The lowest BCUT2D eigenvalue weighted by atomic mass is 10.1. The average Bonchev–Trinajstić information content (AvgIpc) is 2.84. The van der Waals surface area contributed by atoms with Gasteiger partial charge in [-0.3, -0.25) is 0 Å². The zero-order valence-corrected chi connectivity index (χ0v) is 11.2. The predicted molar refractivity (Wildman–Crippen MR) is 69.0 cm³/mol. The number of hydrogen-bond donors (Lipinski definition) is 1. The van der Waals surface area contributed by atoms with Crippen LogP contribution in [0.4, 0.5) is 5.13 Å². The van der Waals surface area contributed by atoms with Crippen molar-refractivity contribution in [1.82, 2.24) is 19.7 Å². The highest BCUT2D eigenvalue weighted by Gasteiger charge is 2.06. The van der Waals surface area contributed by atoms with Gasteiger partial charge in [-0.2, -0.15) is 0 Å². The van der Waals surface area contributed by atoms with E-state index >= 15 is 0 Å². The lowest BCUT2D eigenvalue weighted by Crippen LogP contribution is -2.05. The van der Waals surface area contributed by atoms with Gasteiger partial charge in [0.15, 0.2) is 0 Å². The Hall–Kier alpha value is -1.43. The third-order valence-electron chi connectivity index (χ3n) is 2.37. The van der Waals surface area contributed by atoms with Gasteiger partial charge in [0.05, 0.1) is 6.54 Å². The van der Waals surface area contributed by atoms with Crippen LogP contribution < -0.4 is 5.32 Å². The summed E-state index contributed by atoms with van der Waals surface area (Å²) in [5, 5.41) is 13.5. The summed E-state index contributed by atoms with van der Waals surface area (Å²) in [6.07, 6.45) is 4.71. The number of hydrogen-bond acceptors (Lipinski definition) is 5. The van der Waals surface area contributed by atoms with Crippen LogP contribution in [0.15, 0.2) is 12.4 Å². The van der Waals surface area contributed by atoms with Crippen LogP contribution in [0.3, 0.4) is 0 Å². The number of nitrogens with zero attached hydrogens (tertiary/aromatic N) is 4. The number of aryl methyl sites for hydroxylation is 1. The maximum Gasteiger partial charge on any atom is 0.206 e. The topological polar surface area (TPSA) is 55.6 Å². The highest BCUT2D eigenvalue weighted by atomic mass is 32.1. The van der Waals surface area contributed by atoms with E-state index in [2.05, 4.69) is 34.3 Å². The number of aromatic nitrogens is 4. The molecule has 0 saturated heterocycles. The van der Waals surface area contributed by atoms with Gasteiger partial charge in [0.1, 0.15) is 10.8 Å². The van der Waals surface area contributed by atoms with Gasteiger partial charge in [0.25, 0.3) is 0 Å². The van der Waals surface area contributed by atoms with E-state index in [4.69, 9.17) is 0 Å². The molecule has 0 spiro atoms. The van der Waals surface area contributed by atoms with Gasteiger partial charge in [-0.1, -0.05) is 25.2 Å². The van der Waals surface area contributed by atoms with E-state index in [1.807, 2.05) is 17.8 Å². The molecule has 0 saturated carbocycles. The van der Waals surface area contributed by atoms with Gasteiger partial charge in [-0.05, 0) is 5.92 Å². The lowest BCUT2D eigenvalue weighted by molar-refractivity contribution is 0.640. The number of anilines is 1. The molecule has 0 aliphatic rings. The molecule has 0 amide bonds. The molecule has 0 fully saturated rings. The fraction of sp³-hybridized carbons (Fsp3) is 0.545. The first kappa shape index (κ1) is 12.0.